The number of aryl methyl sites for hydroxylation is 1. The van der Waals surface area contributed by atoms with E-state index in [-0.39, 0.29) is 29.1 Å². The van der Waals surface area contributed by atoms with Crippen molar-refractivity contribution in [3.05, 3.63) is 45.6 Å². The lowest BCUT2D eigenvalue weighted by Gasteiger charge is -2.48. The summed E-state index contributed by atoms with van der Waals surface area (Å²) in [5.41, 5.74) is 2.42. The van der Waals surface area contributed by atoms with Gasteiger partial charge in [0.15, 0.2) is 11.5 Å². The molecule has 10 nitrogen and oxygen atoms in total. The van der Waals surface area contributed by atoms with Crippen molar-refractivity contribution in [2.75, 3.05) is 39.7 Å². The molecule has 0 unspecified atom stereocenters. The number of carbonyl (C=O) groups excluding carboxylic acids is 2. The minimum absolute atomic E-state index is 0.0648. The van der Waals surface area contributed by atoms with Gasteiger partial charge in [0.25, 0.3) is 0 Å². The van der Waals surface area contributed by atoms with Gasteiger partial charge in [-0.1, -0.05) is 32.8 Å². The molecule has 4 atom stereocenters. The van der Waals surface area contributed by atoms with Crippen LogP contribution >= 0.6 is 0 Å². The fourth-order valence-corrected chi connectivity index (χ4v) is 7.48. The van der Waals surface area contributed by atoms with Crippen LogP contribution in [0.2, 0.25) is 0 Å². The van der Waals surface area contributed by atoms with Gasteiger partial charge in [0.2, 0.25) is 23.0 Å². The van der Waals surface area contributed by atoms with E-state index >= 15 is 0 Å². The molecule has 1 saturated carbocycles. The molecule has 2 aromatic carbocycles. The number of nitrogens with one attached hydrogen (secondary N) is 2. The third-order valence-electron chi connectivity index (χ3n) is 9.90. The van der Waals surface area contributed by atoms with Crippen LogP contribution in [0.5, 0.6) is 17.2 Å². The summed E-state index contributed by atoms with van der Waals surface area (Å²) in [7, 11) is 4.69. The molecule has 2 aromatic rings. The summed E-state index contributed by atoms with van der Waals surface area (Å²) in [4.78, 5) is 42.0. The van der Waals surface area contributed by atoms with E-state index in [0.717, 1.165) is 42.4 Å². The Morgan fingerprint density at radius 3 is 2.44 bits per heavy atom. The van der Waals surface area contributed by atoms with Crippen molar-refractivity contribution in [1.29, 1.82) is 0 Å². The number of ether oxygens (including phenoxy) is 3. The normalized spacial score (nSPS) is 23.1. The highest BCUT2D eigenvalue weighted by molar-refractivity contribution is 5.86. The molecule has 244 valence electrons. The fraction of sp³-hybridized carbons (Fsp3) is 0.571. The number of rotatable bonds is 8. The fourth-order valence-electron chi connectivity index (χ4n) is 7.48. The summed E-state index contributed by atoms with van der Waals surface area (Å²) in [5, 5.41) is 17.5. The van der Waals surface area contributed by atoms with Crippen LogP contribution in [-0.4, -0.2) is 67.9 Å². The van der Waals surface area contributed by atoms with Crippen LogP contribution in [0.4, 0.5) is 5.69 Å². The lowest BCUT2D eigenvalue weighted by molar-refractivity contribution is -0.145. The Labute approximate surface area is 265 Å². The van der Waals surface area contributed by atoms with Crippen molar-refractivity contribution in [2.24, 2.45) is 11.8 Å². The van der Waals surface area contributed by atoms with Gasteiger partial charge >= 0.3 is 0 Å². The first-order valence-electron chi connectivity index (χ1n) is 16.1. The predicted molar refractivity (Wildman–Crippen MR) is 173 cm³/mol. The third kappa shape index (κ3) is 6.34. The quantitative estimate of drug-likeness (QED) is 0.395. The van der Waals surface area contributed by atoms with Crippen LogP contribution in [-0.2, 0) is 16.0 Å². The first kappa shape index (κ1) is 32.6. The number of fused-ring (bicyclic) bond motifs is 4. The Bertz CT molecular complexity index is 1510. The van der Waals surface area contributed by atoms with E-state index in [0.29, 0.717) is 60.9 Å². The Morgan fingerprint density at radius 1 is 1.02 bits per heavy atom. The van der Waals surface area contributed by atoms with Gasteiger partial charge in [-0.3, -0.25) is 14.4 Å². The zero-order chi connectivity index (χ0) is 32.5. The molecule has 2 aliphatic carbocycles. The highest BCUT2D eigenvalue weighted by atomic mass is 16.5. The largest absolute Gasteiger partial charge is 0.493 e. The molecule has 3 aliphatic rings. The van der Waals surface area contributed by atoms with E-state index in [4.69, 9.17) is 14.2 Å². The van der Waals surface area contributed by atoms with E-state index in [1.807, 2.05) is 30.9 Å². The molecule has 3 N–H and O–H groups in total. The zero-order valence-corrected chi connectivity index (χ0v) is 27.3. The maximum absolute atomic E-state index is 14.0. The number of piperidine rings is 1. The molecule has 0 bridgehead atoms. The average Bonchev–Trinajstić information content (AvgIpc) is 3.25. The van der Waals surface area contributed by atoms with Crippen molar-refractivity contribution in [3.63, 3.8) is 0 Å². The van der Waals surface area contributed by atoms with Crippen LogP contribution in [0.15, 0.2) is 29.1 Å². The van der Waals surface area contributed by atoms with Crippen LogP contribution in [0.3, 0.4) is 0 Å². The monoisotopic (exact) mass is 621 g/mol. The smallest absolute Gasteiger partial charge is 0.245 e. The number of benzene rings is 1. The summed E-state index contributed by atoms with van der Waals surface area (Å²) >= 11 is 0. The van der Waals surface area contributed by atoms with Gasteiger partial charge in [-0.15, -0.1) is 0 Å². The van der Waals surface area contributed by atoms with Crippen molar-refractivity contribution >= 4 is 17.5 Å². The zero-order valence-electron chi connectivity index (χ0n) is 27.3. The minimum Gasteiger partial charge on any atom is -0.493 e. The molecule has 5 rings (SSSR count). The number of nitrogens with zero attached hydrogens (tertiary/aromatic N) is 1. The van der Waals surface area contributed by atoms with Gasteiger partial charge in [-0.05, 0) is 72.9 Å². The molecular formula is C35H47N3O7. The van der Waals surface area contributed by atoms with E-state index in [1.54, 1.807) is 33.5 Å². The molecule has 0 radical (unpaired) electrons. The first-order chi connectivity index (χ1) is 21.5. The van der Waals surface area contributed by atoms with E-state index in [1.165, 1.54) is 6.92 Å². The number of likely N-dealkylation sites (tertiary alicyclic amines) is 1. The number of anilines is 1. The van der Waals surface area contributed by atoms with Gasteiger partial charge in [-0.25, -0.2) is 0 Å². The Hall–Kier alpha value is -3.79. The number of hydrogen-bond donors (Lipinski definition) is 3. The van der Waals surface area contributed by atoms with Crippen molar-refractivity contribution in [1.82, 2.24) is 10.2 Å². The maximum atomic E-state index is 14.0. The second kappa shape index (κ2) is 13.3. The van der Waals surface area contributed by atoms with E-state index in [9.17, 15) is 19.5 Å². The summed E-state index contributed by atoms with van der Waals surface area (Å²) in [6, 6.07) is 6.00. The summed E-state index contributed by atoms with van der Waals surface area (Å²) in [6.45, 7) is 6.42. The second-order valence-corrected chi connectivity index (χ2v) is 13.0. The summed E-state index contributed by atoms with van der Waals surface area (Å²) < 4.78 is 17.2. The van der Waals surface area contributed by atoms with Gasteiger partial charge in [0.05, 0.1) is 38.7 Å². The van der Waals surface area contributed by atoms with Crippen LogP contribution < -0.4 is 30.3 Å². The Morgan fingerprint density at radius 2 is 1.78 bits per heavy atom. The van der Waals surface area contributed by atoms with Crippen molar-refractivity contribution in [3.8, 4) is 28.4 Å². The third-order valence-corrected chi connectivity index (χ3v) is 9.90. The highest BCUT2D eigenvalue weighted by Gasteiger charge is 2.45. The Kier molecular flexibility index (Phi) is 9.63. The summed E-state index contributed by atoms with van der Waals surface area (Å²) in [5.74, 6) is 1.16. The molecule has 2 fully saturated rings. The molecule has 1 saturated heterocycles. The SMILES string of the molecule is COc1cc2c(c(OC)c1OC)-c1ccc(N[C@H](C(=O)N3CC[C@]4(O)CCCC[C@@H]4C3)C(C)C)c(=O)cc1[C@@H](NC(C)=O)CC2. The standard InChI is InChI=1S/C35H47N3O7/c1-20(2)31(34(41)38-16-15-35(42)14-8-7-9-23(35)19-38)37-27-13-11-24-25(18-28(27)40)26(36-21(3)39)12-10-22-17-29(43-4)32(44-5)33(45-6)30(22)24/h11,13,17-18,20,23,26,31,42H,7-10,12,14-16,19H2,1-6H3,(H,36,39)(H,37,40)/t23-,26+,31+,35-/m1/s1. The number of aliphatic hydroxyl groups is 1. The highest BCUT2D eigenvalue weighted by Crippen LogP contribution is 2.50. The molecule has 45 heavy (non-hydrogen) atoms. The second-order valence-electron chi connectivity index (χ2n) is 13.0. The Balaban J connectivity index is 1.56. The molecule has 0 aromatic heterocycles. The average molecular weight is 622 g/mol. The maximum Gasteiger partial charge on any atom is 0.245 e. The van der Waals surface area contributed by atoms with Crippen LogP contribution in [0.1, 0.15) is 76.5 Å². The van der Waals surface area contributed by atoms with Gasteiger partial charge in [-0.2, -0.15) is 0 Å². The molecule has 1 heterocycles. The van der Waals surface area contributed by atoms with E-state index in [2.05, 4.69) is 10.6 Å². The van der Waals surface area contributed by atoms with Crippen LogP contribution in [0.25, 0.3) is 11.1 Å². The molecule has 0 spiro atoms. The van der Waals surface area contributed by atoms with Gasteiger partial charge < -0.3 is 34.9 Å². The van der Waals surface area contributed by atoms with Gasteiger partial charge in [0.1, 0.15) is 6.04 Å². The number of methoxy groups -OCH3 is 3. The molecular weight excluding hydrogens is 574 g/mol. The number of carbonyl (C=O) groups is 2. The van der Waals surface area contributed by atoms with Crippen molar-refractivity contribution < 1.29 is 28.9 Å². The minimum atomic E-state index is -0.683. The summed E-state index contributed by atoms with van der Waals surface area (Å²) in [6.07, 6.45) is 5.54. The van der Waals surface area contributed by atoms with E-state index < -0.39 is 17.7 Å². The topological polar surface area (TPSA) is 126 Å². The lowest BCUT2D eigenvalue weighted by atomic mass is 9.71. The lowest BCUT2D eigenvalue weighted by Crippen LogP contribution is -2.57. The first-order valence-corrected chi connectivity index (χ1v) is 16.1. The molecule has 10 heteroatoms. The predicted octanol–water partition coefficient (Wildman–Crippen LogP) is 4.45. The number of amides is 2. The van der Waals surface area contributed by atoms with Crippen LogP contribution in [0, 0.1) is 11.8 Å². The number of hydrogen-bond acceptors (Lipinski definition) is 8. The van der Waals surface area contributed by atoms with Gasteiger partial charge in [0, 0.05) is 31.5 Å². The van der Waals surface area contributed by atoms with Crippen molar-refractivity contribution in [2.45, 2.75) is 83.4 Å². The molecule has 2 amide bonds. The molecule has 1 aliphatic heterocycles.